The number of fused-ring (bicyclic) bond motifs is 1. The number of azide groups is 1. The van der Waals surface area contributed by atoms with Crippen LogP contribution in [-0.4, -0.2) is 47.3 Å². The molecule has 7 nitrogen and oxygen atoms in total. The zero-order valence-electron chi connectivity index (χ0n) is 16.4. The van der Waals surface area contributed by atoms with E-state index in [1.54, 1.807) is 17.0 Å². The molecule has 4 rings (SSSR count). The number of rotatable bonds is 4. The van der Waals surface area contributed by atoms with Gasteiger partial charge in [0.15, 0.2) is 0 Å². The van der Waals surface area contributed by atoms with E-state index in [0.717, 1.165) is 17.5 Å². The van der Waals surface area contributed by atoms with Crippen LogP contribution in [0, 0.1) is 5.82 Å². The Labute approximate surface area is 173 Å². The average Bonchev–Trinajstić information content (AvgIpc) is 2.78. The molecule has 30 heavy (non-hydrogen) atoms. The molecule has 2 aromatic carbocycles. The minimum absolute atomic E-state index is 0.0614. The third kappa shape index (κ3) is 4.03. The molecule has 8 heteroatoms. The van der Waals surface area contributed by atoms with Crippen molar-refractivity contribution in [3.8, 4) is 0 Å². The van der Waals surface area contributed by atoms with Crippen molar-refractivity contribution in [3.63, 3.8) is 0 Å². The molecule has 0 spiro atoms. The van der Waals surface area contributed by atoms with Crippen molar-refractivity contribution in [1.82, 2.24) is 4.90 Å². The predicted molar refractivity (Wildman–Crippen MR) is 108 cm³/mol. The molecule has 2 aliphatic heterocycles. The van der Waals surface area contributed by atoms with Crippen LogP contribution in [-0.2, 0) is 16.0 Å². The Kier molecular flexibility index (Phi) is 5.72. The summed E-state index contributed by atoms with van der Waals surface area (Å²) in [7, 11) is 0. The Balaban J connectivity index is 1.58. The molecular formula is C22H23FN4O3. The van der Waals surface area contributed by atoms with Crippen LogP contribution in [0.2, 0.25) is 0 Å². The molecular weight excluding hydrogens is 387 g/mol. The molecule has 1 amide bonds. The highest BCUT2D eigenvalue weighted by Crippen LogP contribution is 2.37. The van der Waals surface area contributed by atoms with Gasteiger partial charge in [-0.15, -0.1) is 0 Å². The normalized spacial score (nSPS) is 25.9. The maximum Gasteiger partial charge on any atom is 0.252 e. The topological polar surface area (TPSA) is 98.5 Å². The Bertz CT molecular complexity index is 967. The molecule has 0 aliphatic carbocycles. The zero-order valence-corrected chi connectivity index (χ0v) is 16.4. The van der Waals surface area contributed by atoms with E-state index in [2.05, 4.69) is 16.1 Å². The largest absolute Gasteiger partial charge is 0.387 e. The SMILES string of the molecule is [N-]=[N+]=NC[C@@]1(O)CC[C@@H](C(=O)N2CCc3ccccc3[C@@H]2c2ccc(F)cc2)OC1. The van der Waals surface area contributed by atoms with Crippen LogP contribution in [0.4, 0.5) is 4.39 Å². The second kappa shape index (κ2) is 8.44. The number of carbonyl (C=O) groups is 1. The van der Waals surface area contributed by atoms with Crippen molar-refractivity contribution < 1.29 is 19.0 Å². The van der Waals surface area contributed by atoms with Gasteiger partial charge in [0, 0.05) is 11.5 Å². The molecule has 2 aromatic rings. The van der Waals surface area contributed by atoms with Crippen LogP contribution in [0.1, 0.15) is 35.6 Å². The molecule has 1 saturated heterocycles. The lowest BCUT2D eigenvalue weighted by Gasteiger charge is -2.41. The summed E-state index contributed by atoms with van der Waals surface area (Å²) >= 11 is 0. The molecule has 3 atom stereocenters. The molecule has 2 aliphatic rings. The van der Waals surface area contributed by atoms with E-state index in [1.807, 2.05) is 18.2 Å². The van der Waals surface area contributed by atoms with Gasteiger partial charge in [0.1, 0.15) is 11.9 Å². The van der Waals surface area contributed by atoms with Crippen molar-refractivity contribution in [1.29, 1.82) is 0 Å². The van der Waals surface area contributed by atoms with Gasteiger partial charge in [-0.25, -0.2) is 4.39 Å². The third-order valence-corrected chi connectivity index (χ3v) is 5.88. The van der Waals surface area contributed by atoms with Crippen LogP contribution in [0.25, 0.3) is 10.4 Å². The average molecular weight is 410 g/mol. The highest BCUT2D eigenvalue weighted by Gasteiger charge is 2.40. The Hall–Kier alpha value is -2.93. The lowest BCUT2D eigenvalue weighted by atomic mass is 9.87. The number of ether oxygens (including phenoxy) is 1. The highest BCUT2D eigenvalue weighted by atomic mass is 19.1. The highest BCUT2D eigenvalue weighted by molar-refractivity contribution is 5.82. The van der Waals surface area contributed by atoms with E-state index in [9.17, 15) is 14.3 Å². The summed E-state index contributed by atoms with van der Waals surface area (Å²) in [6.07, 6.45) is 0.704. The Morgan fingerprint density at radius 3 is 2.77 bits per heavy atom. The third-order valence-electron chi connectivity index (χ3n) is 5.88. The van der Waals surface area contributed by atoms with Crippen molar-refractivity contribution in [2.75, 3.05) is 19.7 Å². The fraction of sp³-hybridized carbons (Fsp3) is 0.409. The smallest absolute Gasteiger partial charge is 0.252 e. The monoisotopic (exact) mass is 410 g/mol. The van der Waals surface area contributed by atoms with Crippen molar-refractivity contribution in [2.24, 2.45) is 5.11 Å². The molecule has 0 aromatic heterocycles. The Morgan fingerprint density at radius 2 is 2.07 bits per heavy atom. The molecule has 0 radical (unpaired) electrons. The number of aliphatic hydroxyl groups is 1. The minimum atomic E-state index is -1.24. The molecule has 0 bridgehead atoms. The van der Waals surface area contributed by atoms with Gasteiger partial charge in [-0.05, 0) is 53.6 Å². The molecule has 0 unspecified atom stereocenters. The van der Waals surface area contributed by atoms with Gasteiger partial charge in [-0.1, -0.05) is 41.5 Å². The lowest BCUT2D eigenvalue weighted by molar-refractivity contribution is -0.162. The molecule has 1 N–H and O–H groups in total. The summed E-state index contributed by atoms with van der Waals surface area (Å²) < 4.78 is 19.2. The van der Waals surface area contributed by atoms with Crippen LogP contribution >= 0.6 is 0 Å². The first-order valence-corrected chi connectivity index (χ1v) is 9.99. The van der Waals surface area contributed by atoms with Crippen molar-refractivity contribution >= 4 is 5.91 Å². The van der Waals surface area contributed by atoms with Gasteiger partial charge in [0.05, 0.1) is 24.8 Å². The van der Waals surface area contributed by atoms with Crippen molar-refractivity contribution in [3.05, 3.63) is 81.5 Å². The molecule has 156 valence electrons. The number of nitrogens with zero attached hydrogens (tertiary/aromatic N) is 4. The summed E-state index contributed by atoms with van der Waals surface area (Å²) in [4.78, 5) is 17.9. The van der Waals surface area contributed by atoms with Gasteiger partial charge in [-0.3, -0.25) is 4.79 Å². The van der Waals surface area contributed by atoms with Gasteiger partial charge in [-0.2, -0.15) is 0 Å². The summed E-state index contributed by atoms with van der Waals surface area (Å²) in [5.41, 5.74) is 10.3. The first-order chi connectivity index (χ1) is 14.5. The Morgan fingerprint density at radius 1 is 1.30 bits per heavy atom. The molecule has 2 heterocycles. The number of hydrogen-bond donors (Lipinski definition) is 1. The zero-order chi connectivity index (χ0) is 21.1. The summed E-state index contributed by atoms with van der Waals surface area (Å²) in [6.45, 7) is 0.383. The van der Waals surface area contributed by atoms with E-state index in [1.165, 1.54) is 17.7 Å². The van der Waals surface area contributed by atoms with Gasteiger partial charge in [0.25, 0.3) is 5.91 Å². The predicted octanol–water partition coefficient (Wildman–Crippen LogP) is 3.52. The molecule has 1 fully saturated rings. The van der Waals surface area contributed by atoms with Crippen LogP contribution in [0.3, 0.4) is 0 Å². The van der Waals surface area contributed by atoms with E-state index < -0.39 is 11.7 Å². The fourth-order valence-corrected chi connectivity index (χ4v) is 4.29. The first-order valence-electron chi connectivity index (χ1n) is 9.99. The van der Waals surface area contributed by atoms with E-state index in [0.29, 0.717) is 19.4 Å². The number of benzene rings is 2. The minimum Gasteiger partial charge on any atom is -0.387 e. The number of amides is 1. The number of carbonyl (C=O) groups excluding carboxylic acids is 1. The maximum atomic E-state index is 13.5. The van der Waals surface area contributed by atoms with Crippen molar-refractivity contribution in [2.45, 2.75) is 37.0 Å². The standard InChI is InChI=1S/C22H23FN4O3/c23-17-7-5-16(6-8-17)20-18-4-2-1-3-15(18)10-12-27(20)21(28)19-9-11-22(29,14-30-19)13-25-26-24/h1-8,19-20,29H,9-14H2/t19-,20-,22-/m0/s1. The van der Waals surface area contributed by atoms with E-state index >= 15 is 0 Å². The van der Waals surface area contributed by atoms with E-state index in [4.69, 9.17) is 10.3 Å². The quantitative estimate of drug-likeness (QED) is 0.474. The lowest BCUT2D eigenvalue weighted by Crippen LogP contribution is -2.51. The second-order valence-electron chi connectivity index (χ2n) is 7.89. The van der Waals surface area contributed by atoms with Crippen LogP contribution < -0.4 is 0 Å². The van der Waals surface area contributed by atoms with Crippen LogP contribution in [0.5, 0.6) is 0 Å². The van der Waals surface area contributed by atoms with E-state index in [-0.39, 0.29) is 30.9 Å². The van der Waals surface area contributed by atoms with Gasteiger partial charge in [0.2, 0.25) is 0 Å². The molecule has 0 saturated carbocycles. The number of halogens is 1. The summed E-state index contributed by atoms with van der Waals surface area (Å²) in [6, 6.07) is 13.9. The maximum absolute atomic E-state index is 13.5. The summed E-state index contributed by atoms with van der Waals surface area (Å²) in [5, 5.41) is 13.9. The van der Waals surface area contributed by atoms with Gasteiger partial charge < -0.3 is 14.7 Å². The van der Waals surface area contributed by atoms with Gasteiger partial charge >= 0.3 is 0 Å². The summed E-state index contributed by atoms with van der Waals surface area (Å²) in [5.74, 6) is -0.472. The fourth-order valence-electron chi connectivity index (χ4n) is 4.29. The first kappa shape index (κ1) is 20.3. The van der Waals surface area contributed by atoms with Crippen LogP contribution in [0.15, 0.2) is 53.6 Å². The second-order valence-corrected chi connectivity index (χ2v) is 7.89. The number of hydrogen-bond acceptors (Lipinski definition) is 4.